The van der Waals surface area contributed by atoms with E-state index < -0.39 is 18.1 Å². The highest BCUT2D eigenvalue weighted by molar-refractivity contribution is 7.09. The number of aromatic nitrogens is 1. The normalized spacial score (nSPS) is 13.0. The number of hydrogen-bond donors (Lipinski definition) is 2. The molecular weight excluding hydrogens is 402 g/mol. The van der Waals surface area contributed by atoms with Crippen molar-refractivity contribution in [1.29, 1.82) is 5.26 Å². The number of ether oxygens (including phenoxy) is 1. The molecule has 1 heterocycles. The molecule has 0 saturated carbocycles. The van der Waals surface area contributed by atoms with E-state index in [1.807, 2.05) is 54.6 Å². The van der Waals surface area contributed by atoms with Crippen LogP contribution in [-0.4, -0.2) is 34.8 Å². The fraction of sp³-hybridized carbons (Fsp3) is 0.182. The van der Waals surface area contributed by atoms with E-state index in [1.54, 1.807) is 5.38 Å². The molecule has 0 aliphatic heterocycles. The van der Waals surface area contributed by atoms with Gasteiger partial charge < -0.3 is 15.2 Å². The van der Waals surface area contributed by atoms with Crippen LogP contribution in [0.3, 0.4) is 0 Å². The number of amides is 1. The molecule has 2 N–H and O–H groups in total. The van der Waals surface area contributed by atoms with Crippen LogP contribution >= 0.6 is 11.3 Å². The Bertz CT molecular complexity index is 1110. The molecule has 0 bridgehead atoms. The van der Waals surface area contributed by atoms with Gasteiger partial charge >= 0.3 is 12.1 Å². The summed E-state index contributed by atoms with van der Waals surface area (Å²) in [4.78, 5) is 27.9. The third-order valence-corrected chi connectivity index (χ3v) is 5.85. The number of rotatable bonds is 6. The Kier molecular flexibility index (Phi) is 5.46. The molecule has 1 atom stereocenters. The average molecular weight is 419 g/mol. The van der Waals surface area contributed by atoms with E-state index in [9.17, 15) is 14.7 Å². The van der Waals surface area contributed by atoms with E-state index in [0.717, 1.165) is 22.3 Å². The summed E-state index contributed by atoms with van der Waals surface area (Å²) in [5.41, 5.74) is 4.60. The van der Waals surface area contributed by atoms with Crippen molar-refractivity contribution in [3.63, 3.8) is 0 Å². The van der Waals surface area contributed by atoms with Crippen LogP contribution in [0.2, 0.25) is 0 Å². The molecule has 0 radical (unpaired) electrons. The van der Waals surface area contributed by atoms with Gasteiger partial charge in [0.2, 0.25) is 0 Å². The number of nitriles is 1. The number of alkyl carbamates (subject to hydrolysis) is 1. The maximum Gasteiger partial charge on any atom is 0.407 e. The van der Waals surface area contributed by atoms with Gasteiger partial charge in [0.1, 0.15) is 18.7 Å². The first-order valence-corrected chi connectivity index (χ1v) is 10.1. The zero-order valence-electron chi connectivity index (χ0n) is 15.7. The molecule has 0 fully saturated rings. The topological polar surface area (TPSA) is 112 Å². The molecule has 0 unspecified atom stereocenters. The molecule has 1 amide bonds. The monoisotopic (exact) mass is 419 g/mol. The first-order chi connectivity index (χ1) is 14.6. The second-order valence-corrected chi connectivity index (χ2v) is 7.75. The predicted molar refractivity (Wildman–Crippen MR) is 110 cm³/mol. The Morgan fingerprint density at radius 2 is 1.80 bits per heavy atom. The van der Waals surface area contributed by atoms with Crippen LogP contribution < -0.4 is 5.32 Å². The van der Waals surface area contributed by atoms with E-state index >= 15 is 0 Å². The van der Waals surface area contributed by atoms with Gasteiger partial charge in [-0.2, -0.15) is 5.26 Å². The number of aliphatic carboxylic acids is 1. The van der Waals surface area contributed by atoms with Crippen molar-refractivity contribution in [1.82, 2.24) is 10.3 Å². The van der Waals surface area contributed by atoms with Crippen molar-refractivity contribution < 1.29 is 19.4 Å². The lowest BCUT2D eigenvalue weighted by atomic mass is 9.98. The molecule has 3 aromatic rings. The second kappa shape index (κ2) is 8.35. The van der Waals surface area contributed by atoms with E-state index in [0.29, 0.717) is 5.01 Å². The van der Waals surface area contributed by atoms with Crippen LogP contribution in [0.1, 0.15) is 27.7 Å². The molecule has 7 nitrogen and oxygen atoms in total. The molecule has 150 valence electrons. The van der Waals surface area contributed by atoms with Crippen molar-refractivity contribution in [3.05, 3.63) is 75.7 Å². The van der Waals surface area contributed by atoms with Crippen LogP contribution in [-0.2, 0) is 16.0 Å². The third kappa shape index (κ3) is 3.88. The van der Waals surface area contributed by atoms with Gasteiger partial charge in [-0.3, -0.25) is 0 Å². The van der Waals surface area contributed by atoms with E-state index in [1.165, 1.54) is 11.3 Å². The summed E-state index contributed by atoms with van der Waals surface area (Å²) in [5, 5.41) is 22.7. The summed E-state index contributed by atoms with van der Waals surface area (Å²) in [6.07, 6.45) is -0.826. The van der Waals surface area contributed by atoms with E-state index in [4.69, 9.17) is 10.00 Å². The Balaban J connectivity index is 1.43. The highest BCUT2D eigenvalue weighted by Gasteiger charge is 2.30. The molecule has 1 aromatic heterocycles. The van der Waals surface area contributed by atoms with Gasteiger partial charge in [-0.25, -0.2) is 14.6 Å². The number of benzene rings is 2. The zero-order valence-corrected chi connectivity index (χ0v) is 16.6. The van der Waals surface area contributed by atoms with Crippen LogP contribution in [0.4, 0.5) is 4.79 Å². The van der Waals surface area contributed by atoms with E-state index in [-0.39, 0.29) is 24.6 Å². The van der Waals surface area contributed by atoms with Crippen molar-refractivity contribution in [2.75, 3.05) is 6.61 Å². The van der Waals surface area contributed by atoms with Crippen molar-refractivity contribution >= 4 is 23.4 Å². The summed E-state index contributed by atoms with van der Waals surface area (Å²) in [7, 11) is 0. The highest BCUT2D eigenvalue weighted by Crippen LogP contribution is 2.44. The van der Waals surface area contributed by atoms with Gasteiger partial charge in [0.05, 0.1) is 5.01 Å². The molecule has 0 saturated heterocycles. The summed E-state index contributed by atoms with van der Waals surface area (Å²) in [5.74, 6) is -1.30. The number of hydrogen-bond acceptors (Lipinski definition) is 6. The Labute approximate surface area is 176 Å². The lowest BCUT2D eigenvalue weighted by molar-refractivity contribution is -0.139. The number of nitrogens with one attached hydrogen (secondary N) is 1. The second-order valence-electron chi connectivity index (χ2n) is 6.80. The number of nitrogens with zero attached hydrogens (tertiary/aromatic N) is 2. The van der Waals surface area contributed by atoms with Crippen molar-refractivity contribution in [2.24, 2.45) is 0 Å². The van der Waals surface area contributed by atoms with Crippen LogP contribution in [0.25, 0.3) is 11.1 Å². The summed E-state index contributed by atoms with van der Waals surface area (Å²) >= 11 is 1.18. The fourth-order valence-electron chi connectivity index (χ4n) is 3.61. The smallest absolute Gasteiger partial charge is 0.407 e. The van der Waals surface area contributed by atoms with Gasteiger partial charge in [0.25, 0.3) is 0 Å². The molecular formula is C22H17N3O4S. The van der Waals surface area contributed by atoms with Crippen LogP contribution in [0.15, 0.2) is 53.9 Å². The van der Waals surface area contributed by atoms with Gasteiger partial charge in [-0.1, -0.05) is 48.5 Å². The molecule has 1 aliphatic rings. The maximum atomic E-state index is 12.3. The summed E-state index contributed by atoms with van der Waals surface area (Å²) in [6, 6.07) is 16.6. The maximum absolute atomic E-state index is 12.3. The Hall–Kier alpha value is -3.70. The SMILES string of the molecule is N#Cc1csc(C[C@H](NC(=O)OCC2c3ccccc3-c3ccccc32)C(=O)O)n1. The van der Waals surface area contributed by atoms with Crippen molar-refractivity contribution in [2.45, 2.75) is 18.4 Å². The lowest BCUT2D eigenvalue weighted by Gasteiger charge is -2.17. The molecule has 1 aliphatic carbocycles. The van der Waals surface area contributed by atoms with Gasteiger partial charge in [-0.05, 0) is 22.3 Å². The van der Waals surface area contributed by atoms with E-state index in [2.05, 4.69) is 10.3 Å². The highest BCUT2D eigenvalue weighted by atomic mass is 32.1. The number of carbonyl (C=O) groups excluding carboxylic acids is 1. The fourth-order valence-corrected chi connectivity index (χ4v) is 4.38. The number of thiazole rings is 1. The Morgan fingerprint density at radius 3 is 2.37 bits per heavy atom. The van der Waals surface area contributed by atoms with Crippen LogP contribution in [0, 0.1) is 11.3 Å². The molecule has 0 spiro atoms. The standard InChI is InChI=1S/C22H17N3O4S/c23-10-13-12-30-20(24-13)9-19(21(26)27)25-22(28)29-11-18-16-7-3-1-5-14(16)15-6-2-4-8-17(15)18/h1-8,12,18-19H,9,11H2,(H,25,28)(H,26,27)/t19-/m0/s1. The minimum absolute atomic E-state index is 0.0219. The van der Waals surface area contributed by atoms with Gasteiger partial charge in [-0.15, -0.1) is 11.3 Å². The molecule has 8 heteroatoms. The first-order valence-electron chi connectivity index (χ1n) is 9.25. The lowest BCUT2D eigenvalue weighted by Crippen LogP contribution is -2.42. The average Bonchev–Trinajstić information content (AvgIpc) is 3.34. The van der Waals surface area contributed by atoms with Crippen LogP contribution in [0.5, 0.6) is 0 Å². The largest absolute Gasteiger partial charge is 0.480 e. The number of carboxylic acids is 1. The quantitative estimate of drug-likeness (QED) is 0.632. The number of carboxylic acid groups (broad SMARTS) is 1. The number of fused-ring (bicyclic) bond motifs is 3. The first kappa shape index (κ1) is 19.6. The minimum atomic E-state index is -1.20. The molecule has 30 heavy (non-hydrogen) atoms. The molecule has 4 rings (SSSR count). The third-order valence-electron chi connectivity index (χ3n) is 4.98. The predicted octanol–water partition coefficient (Wildman–Crippen LogP) is 3.55. The van der Waals surface area contributed by atoms with Gasteiger partial charge in [0.15, 0.2) is 5.69 Å². The zero-order chi connectivity index (χ0) is 21.1. The minimum Gasteiger partial charge on any atom is -0.480 e. The summed E-state index contributed by atoms with van der Waals surface area (Å²) < 4.78 is 5.40. The summed E-state index contributed by atoms with van der Waals surface area (Å²) in [6.45, 7) is 0.0992. The van der Waals surface area contributed by atoms with Gasteiger partial charge in [0, 0.05) is 17.7 Å². The Morgan fingerprint density at radius 1 is 1.17 bits per heavy atom. The molecule has 2 aromatic carbocycles. The number of carbonyl (C=O) groups is 2. The van der Waals surface area contributed by atoms with Crippen molar-refractivity contribution in [3.8, 4) is 17.2 Å².